The second kappa shape index (κ2) is 9.04. The van der Waals surface area contributed by atoms with Crippen LogP contribution in [0.15, 0.2) is 48.0 Å². The number of carbonyl (C=O) groups excluding carboxylic acids is 2. The molecule has 2 aromatic rings. The maximum Gasteiger partial charge on any atom is 0.270 e. The van der Waals surface area contributed by atoms with Gasteiger partial charge in [-0.1, -0.05) is 19.1 Å². The fourth-order valence-electron chi connectivity index (χ4n) is 2.86. The van der Waals surface area contributed by atoms with Gasteiger partial charge < -0.3 is 9.47 Å². The lowest BCUT2D eigenvalue weighted by molar-refractivity contribution is -0.122. The molecule has 1 aliphatic rings. The monoisotopic (exact) mass is 428 g/mol. The summed E-state index contributed by atoms with van der Waals surface area (Å²) in [5.41, 5.74) is 0.731. The van der Waals surface area contributed by atoms with E-state index in [0.717, 1.165) is 11.3 Å². The zero-order chi connectivity index (χ0) is 21.8. The minimum atomic E-state index is -0.624. The molecule has 0 spiro atoms. The number of para-hydroxylation sites is 1. The molecule has 0 saturated carbocycles. The van der Waals surface area contributed by atoms with E-state index in [2.05, 4.69) is 5.32 Å². The Morgan fingerprint density at radius 2 is 1.90 bits per heavy atom. The van der Waals surface area contributed by atoms with Crippen molar-refractivity contribution in [1.29, 1.82) is 0 Å². The Bertz CT molecular complexity index is 1020. The van der Waals surface area contributed by atoms with Gasteiger partial charge in [0.15, 0.2) is 16.6 Å². The Labute approximate surface area is 179 Å². The summed E-state index contributed by atoms with van der Waals surface area (Å²) in [5, 5.41) is 2.43. The second-order valence-corrected chi connectivity index (χ2v) is 7.04. The van der Waals surface area contributed by atoms with Gasteiger partial charge in [-0.25, -0.2) is 4.39 Å². The molecule has 0 aliphatic carbocycles. The third-order valence-corrected chi connectivity index (χ3v) is 4.89. The zero-order valence-electron chi connectivity index (χ0n) is 16.8. The van der Waals surface area contributed by atoms with Gasteiger partial charge in [-0.3, -0.25) is 19.8 Å². The molecule has 1 N–H and O–H groups in total. The van der Waals surface area contributed by atoms with Crippen molar-refractivity contribution in [2.24, 2.45) is 0 Å². The van der Waals surface area contributed by atoms with Gasteiger partial charge in [0.05, 0.1) is 18.9 Å². The van der Waals surface area contributed by atoms with Crippen molar-refractivity contribution < 1.29 is 23.5 Å². The van der Waals surface area contributed by atoms with Crippen LogP contribution in [0.1, 0.15) is 25.8 Å². The van der Waals surface area contributed by atoms with Gasteiger partial charge in [0.1, 0.15) is 11.4 Å². The number of ether oxygens (including phenoxy) is 2. The fourth-order valence-corrected chi connectivity index (χ4v) is 3.14. The van der Waals surface area contributed by atoms with Gasteiger partial charge in [-0.2, -0.15) is 0 Å². The number of carbonyl (C=O) groups is 2. The summed E-state index contributed by atoms with van der Waals surface area (Å²) in [7, 11) is 1.52. The van der Waals surface area contributed by atoms with Crippen molar-refractivity contribution in [3.8, 4) is 11.5 Å². The third kappa shape index (κ3) is 4.33. The van der Waals surface area contributed by atoms with E-state index in [1.807, 2.05) is 13.8 Å². The number of hydrogen-bond acceptors (Lipinski definition) is 5. The van der Waals surface area contributed by atoms with Crippen LogP contribution in [0.2, 0.25) is 0 Å². The Kier molecular flexibility index (Phi) is 6.47. The third-order valence-electron chi connectivity index (χ3n) is 4.61. The first-order chi connectivity index (χ1) is 14.3. The standard InChI is InChI=1S/C22H21FN2O4S/c1-4-13(2)29-19-14(6-5-7-18(19)28-3)12-17-20(26)24-22(30)25(21(17)27)16-10-8-15(23)9-11-16/h5-13H,4H2,1-3H3,(H,24,26,30)/b17-12+/t13-/m0/s1. The van der Waals surface area contributed by atoms with Gasteiger partial charge in [0, 0.05) is 5.56 Å². The number of thiocarbonyl (C=S) groups is 1. The van der Waals surface area contributed by atoms with Crippen molar-refractivity contribution >= 4 is 40.9 Å². The summed E-state index contributed by atoms with van der Waals surface area (Å²) in [6, 6.07) is 10.5. The number of methoxy groups -OCH3 is 1. The first-order valence-corrected chi connectivity index (χ1v) is 9.77. The van der Waals surface area contributed by atoms with Gasteiger partial charge in [0.2, 0.25) is 0 Å². The van der Waals surface area contributed by atoms with Crippen LogP contribution < -0.4 is 19.7 Å². The zero-order valence-corrected chi connectivity index (χ0v) is 17.6. The van der Waals surface area contributed by atoms with Crippen molar-refractivity contribution in [2.75, 3.05) is 12.0 Å². The molecule has 2 aromatic carbocycles. The number of rotatable bonds is 6. The lowest BCUT2D eigenvalue weighted by atomic mass is 10.1. The smallest absolute Gasteiger partial charge is 0.270 e. The molecule has 8 heteroatoms. The van der Waals surface area contributed by atoms with Crippen LogP contribution in [0.3, 0.4) is 0 Å². The first-order valence-electron chi connectivity index (χ1n) is 9.36. The molecule has 0 unspecified atom stereocenters. The minimum Gasteiger partial charge on any atom is -0.493 e. The summed E-state index contributed by atoms with van der Waals surface area (Å²) < 4.78 is 24.6. The Balaban J connectivity index is 2.05. The topological polar surface area (TPSA) is 67.9 Å². The van der Waals surface area contributed by atoms with E-state index in [1.54, 1.807) is 18.2 Å². The lowest BCUT2D eigenvalue weighted by Gasteiger charge is -2.29. The van der Waals surface area contributed by atoms with E-state index in [0.29, 0.717) is 22.7 Å². The molecule has 156 valence electrons. The number of nitrogens with one attached hydrogen (secondary N) is 1. The normalized spacial score (nSPS) is 16.5. The van der Waals surface area contributed by atoms with Gasteiger partial charge in [0.25, 0.3) is 11.8 Å². The molecule has 30 heavy (non-hydrogen) atoms. The van der Waals surface area contributed by atoms with Crippen LogP contribution in [-0.2, 0) is 9.59 Å². The van der Waals surface area contributed by atoms with Crippen LogP contribution in [0, 0.1) is 5.82 Å². The van der Waals surface area contributed by atoms with Crippen LogP contribution in [-0.4, -0.2) is 30.1 Å². The summed E-state index contributed by atoms with van der Waals surface area (Å²) in [6.07, 6.45) is 2.11. The van der Waals surface area contributed by atoms with Crippen LogP contribution in [0.25, 0.3) is 6.08 Å². The molecule has 1 fully saturated rings. The summed E-state index contributed by atoms with van der Waals surface area (Å²) in [5.74, 6) is -0.770. The average Bonchev–Trinajstić information content (AvgIpc) is 2.73. The molecule has 2 amide bonds. The minimum absolute atomic E-state index is 0.0736. The molecule has 6 nitrogen and oxygen atoms in total. The Hall–Kier alpha value is -3.26. The van der Waals surface area contributed by atoms with E-state index < -0.39 is 17.6 Å². The van der Waals surface area contributed by atoms with Crippen molar-refractivity contribution in [3.63, 3.8) is 0 Å². The highest BCUT2D eigenvalue weighted by molar-refractivity contribution is 7.80. The molecule has 1 heterocycles. The molecule has 0 bridgehead atoms. The molecule has 1 aliphatic heterocycles. The Morgan fingerprint density at radius 3 is 2.53 bits per heavy atom. The van der Waals surface area contributed by atoms with E-state index in [4.69, 9.17) is 21.7 Å². The average molecular weight is 428 g/mol. The maximum absolute atomic E-state index is 13.3. The molecule has 0 radical (unpaired) electrons. The van der Waals surface area contributed by atoms with Gasteiger partial charge >= 0.3 is 0 Å². The number of halogens is 1. The maximum atomic E-state index is 13.3. The highest BCUT2D eigenvalue weighted by Crippen LogP contribution is 2.34. The largest absolute Gasteiger partial charge is 0.493 e. The van der Waals surface area contributed by atoms with E-state index in [9.17, 15) is 14.0 Å². The highest BCUT2D eigenvalue weighted by atomic mass is 32.1. The van der Waals surface area contributed by atoms with Crippen LogP contribution in [0.5, 0.6) is 11.5 Å². The predicted molar refractivity (Wildman–Crippen MR) is 116 cm³/mol. The lowest BCUT2D eigenvalue weighted by Crippen LogP contribution is -2.54. The number of nitrogens with zero attached hydrogens (tertiary/aromatic N) is 1. The van der Waals surface area contributed by atoms with Gasteiger partial charge in [-0.15, -0.1) is 0 Å². The number of amides is 2. The van der Waals surface area contributed by atoms with Crippen molar-refractivity contribution in [3.05, 3.63) is 59.4 Å². The van der Waals surface area contributed by atoms with Crippen LogP contribution in [0.4, 0.5) is 10.1 Å². The number of benzene rings is 2. The quantitative estimate of drug-likeness (QED) is 0.430. The summed E-state index contributed by atoms with van der Waals surface area (Å²) in [4.78, 5) is 26.8. The number of hydrogen-bond donors (Lipinski definition) is 1. The first kappa shape index (κ1) is 21.4. The molecular weight excluding hydrogens is 407 g/mol. The van der Waals surface area contributed by atoms with E-state index in [-0.39, 0.29) is 16.8 Å². The molecular formula is C22H21FN2O4S. The number of anilines is 1. The predicted octanol–water partition coefficient (Wildman–Crippen LogP) is 3.84. The molecule has 1 atom stereocenters. The molecule has 1 saturated heterocycles. The van der Waals surface area contributed by atoms with Gasteiger partial charge in [-0.05, 0) is 62.0 Å². The van der Waals surface area contributed by atoms with Crippen molar-refractivity contribution in [2.45, 2.75) is 26.4 Å². The summed E-state index contributed by atoms with van der Waals surface area (Å²) >= 11 is 5.16. The van der Waals surface area contributed by atoms with E-state index >= 15 is 0 Å². The van der Waals surface area contributed by atoms with Crippen molar-refractivity contribution in [1.82, 2.24) is 5.32 Å². The molecule has 0 aromatic heterocycles. The fraction of sp³-hybridized carbons (Fsp3) is 0.227. The second-order valence-electron chi connectivity index (χ2n) is 6.65. The van der Waals surface area contributed by atoms with Crippen LogP contribution >= 0.6 is 12.2 Å². The SMILES string of the molecule is CC[C@H](C)Oc1c(/C=C2\C(=O)NC(=S)N(c3ccc(F)cc3)C2=O)cccc1OC. The Morgan fingerprint density at radius 1 is 1.20 bits per heavy atom. The highest BCUT2D eigenvalue weighted by Gasteiger charge is 2.34. The summed E-state index contributed by atoms with van der Waals surface area (Å²) in [6.45, 7) is 3.90. The van der Waals surface area contributed by atoms with E-state index in [1.165, 1.54) is 37.5 Å². The molecule has 3 rings (SSSR count).